The second kappa shape index (κ2) is 13.6. The van der Waals surface area contributed by atoms with Crippen molar-refractivity contribution in [1.82, 2.24) is 10.2 Å². The molecule has 0 aromatic heterocycles. The van der Waals surface area contributed by atoms with Crippen LogP contribution in [0.4, 0.5) is 5.69 Å². The molecule has 0 heterocycles. The molecule has 0 spiro atoms. The van der Waals surface area contributed by atoms with E-state index in [-0.39, 0.29) is 23.4 Å². The summed E-state index contributed by atoms with van der Waals surface area (Å²) in [6.45, 7) is 11.2. The third-order valence-corrected chi connectivity index (χ3v) is 9.05. The second-order valence-electron chi connectivity index (χ2n) is 10.3. The minimum Gasteiger partial charge on any atom is -0.352 e. The van der Waals surface area contributed by atoms with E-state index in [1.54, 1.807) is 30.3 Å². The molecular formula is C32H41N3O4S. The van der Waals surface area contributed by atoms with Gasteiger partial charge in [0.05, 0.1) is 10.6 Å². The Bertz CT molecular complexity index is 1420. The van der Waals surface area contributed by atoms with Crippen LogP contribution in [0.15, 0.2) is 77.7 Å². The number of benzene rings is 3. The molecule has 1 N–H and O–H groups in total. The molecule has 2 atom stereocenters. The predicted molar refractivity (Wildman–Crippen MR) is 161 cm³/mol. The van der Waals surface area contributed by atoms with E-state index in [0.717, 1.165) is 28.7 Å². The lowest BCUT2D eigenvalue weighted by atomic mass is 10.1. The Morgan fingerprint density at radius 2 is 1.55 bits per heavy atom. The van der Waals surface area contributed by atoms with Crippen molar-refractivity contribution in [2.75, 3.05) is 10.8 Å². The summed E-state index contributed by atoms with van der Waals surface area (Å²) in [5, 5.41) is 3.01. The fraction of sp³-hybridized carbons (Fsp3) is 0.375. The Hall–Kier alpha value is -3.65. The van der Waals surface area contributed by atoms with Gasteiger partial charge < -0.3 is 10.2 Å². The Morgan fingerprint density at radius 3 is 2.17 bits per heavy atom. The van der Waals surface area contributed by atoms with Gasteiger partial charge >= 0.3 is 0 Å². The molecule has 0 saturated carbocycles. The number of carbonyl (C=O) groups excluding carboxylic acids is 2. The predicted octanol–water partition coefficient (Wildman–Crippen LogP) is 5.53. The van der Waals surface area contributed by atoms with Crippen LogP contribution in [0.25, 0.3) is 0 Å². The standard InChI is InChI=1S/C32H41N3O4S/c1-7-25(5)33-32(37)29(8-2)34(21-27-16-12-14-23(3)20-27)31(36)22-35(30-19-13-15-24(4)26(30)6)40(38,39)28-17-10-9-11-18-28/h9-20,25,29H,7-8,21-22H2,1-6H3,(H,33,37). The number of aryl methyl sites for hydroxylation is 2. The zero-order valence-corrected chi connectivity index (χ0v) is 25.2. The highest BCUT2D eigenvalue weighted by molar-refractivity contribution is 7.92. The summed E-state index contributed by atoms with van der Waals surface area (Å²) in [4.78, 5) is 29.2. The first-order valence-corrected chi connectivity index (χ1v) is 15.2. The minimum atomic E-state index is -4.09. The summed E-state index contributed by atoms with van der Waals surface area (Å²) in [6, 6.07) is 20.5. The molecule has 3 aromatic carbocycles. The molecule has 0 aliphatic rings. The number of sulfonamides is 1. The van der Waals surface area contributed by atoms with Gasteiger partial charge in [-0.1, -0.05) is 74.0 Å². The number of carbonyl (C=O) groups is 2. The van der Waals surface area contributed by atoms with E-state index in [2.05, 4.69) is 5.32 Å². The van der Waals surface area contributed by atoms with Crippen LogP contribution >= 0.6 is 0 Å². The van der Waals surface area contributed by atoms with Crippen LogP contribution in [0, 0.1) is 20.8 Å². The number of rotatable bonds is 12. The van der Waals surface area contributed by atoms with Crippen molar-refractivity contribution in [2.45, 2.75) is 77.9 Å². The van der Waals surface area contributed by atoms with Crippen molar-refractivity contribution in [1.29, 1.82) is 0 Å². The Kier molecular flexibility index (Phi) is 10.5. The lowest BCUT2D eigenvalue weighted by molar-refractivity contribution is -0.140. The lowest BCUT2D eigenvalue weighted by Gasteiger charge is -2.34. The zero-order valence-electron chi connectivity index (χ0n) is 24.3. The van der Waals surface area contributed by atoms with Crippen molar-refractivity contribution in [3.8, 4) is 0 Å². The highest BCUT2D eigenvalue weighted by atomic mass is 32.2. The number of anilines is 1. The molecule has 2 amide bonds. The normalized spacial score (nSPS) is 12.8. The third-order valence-electron chi connectivity index (χ3n) is 7.28. The van der Waals surface area contributed by atoms with Crippen molar-refractivity contribution in [3.05, 3.63) is 95.1 Å². The Labute approximate surface area is 239 Å². The third kappa shape index (κ3) is 7.30. The number of nitrogens with zero attached hydrogens (tertiary/aromatic N) is 2. The topological polar surface area (TPSA) is 86.8 Å². The summed E-state index contributed by atoms with van der Waals surface area (Å²) < 4.78 is 29.2. The van der Waals surface area contributed by atoms with Crippen LogP contribution in [0.5, 0.6) is 0 Å². The van der Waals surface area contributed by atoms with Gasteiger partial charge in [0, 0.05) is 12.6 Å². The van der Waals surface area contributed by atoms with Gasteiger partial charge in [-0.3, -0.25) is 13.9 Å². The zero-order chi connectivity index (χ0) is 29.4. The van der Waals surface area contributed by atoms with Gasteiger partial charge in [0.25, 0.3) is 10.0 Å². The van der Waals surface area contributed by atoms with Crippen molar-refractivity contribution >= 4 is 27.5 Å². The average molecular weight is 564 g/mol. The van der Waals surface area contributed by atoms with Gasteiger partial charge in [-0.05, 0) is 75.4 Å². The van der Waals surface area contributed by atoms with Gasteiger partial charge in [0.2, 0.25) is 11.8 Å². The number of nitrogens with one attached hydrogen (secondary N) is 1. The monoisotopic (exact) mass is 563 g/mol. The van der Waals surface area contributed by atoms with Crippen LogP contribution in [-0.4, -0.2) is 43.8 Å². The SMILES string of the molecule is CCC(C)NC(=O)C(CC)N(Cc1cccc(C)c1)C(=O)CN(c1cccc(C)c1C)S(=O)(=O)c1ccccc1. The highest BCUT2D eigenvalue weighted by Crippen LogP contribution is 2.29. The van der Waals surface area contributed by atoms with E-state index in [1.807, 2.05) is 71.9 Å². The summed E-state index contributed by atoms with van der Waals surface area (Å²) in [7, 11) is -4.09. The molecular weight excluding hydrogens is 522 g/mol. The molecule has 214 valence electrons. The molecule has 2 unspecified atom stereocenters. The van der Waals surface area contributed by atoms with Crippen LogP contribution in [0.1, 0.15) is 55.9 Å². The van der Waals surface area contributed by atoms with Gasteiger partial charge in [-0.2, -0.15) is 0 Å². The summed E-state index contributed by atoms with van der Waals surface area (Å²) >= 11 is 0. The molecule has 0 aliphatic carbocycles. The van der Waals surface area contributed by atoms with Crippen LogP contribution in [0.3, 0.4) is 0 Å². The molecule has 8 heteroatoms. The smallest absolute Gasteiger partial charge is 0.264 e. The quantitative estimate of drug-likeness (QED) is 0.314. The molecule has 40 heavy (non-hydrogen) atoms. The summed E-state index contributed by atoms with van der Waals surface area (Å²) in [5.41, 5.74) is 4.01. The van der Waals surface area contributed by atoms with E-state index >= 15 is 0 Å². The molecule has 0 fully saturated rings. The summed E-state index contributed by atoms with van der Waals surface area (Å²) in [5.74, 6) is -0.699. The molecule has 0 bridgehead atoms. The van der Waals surface area contributed by atoms with Gasteiger partial charge in [0.15, 0.2) is 0 Å². The van der Waals surface area contributed by atoms with Crippen molar-refractivity contribution < 1.29 is 18.0 Å². The Balaban J connectivity index is 2.09. The van der Waals surface area contributed by atoms with E-state index < -0.39 is 28.5 Å². The largest absolute Gasteiger partial charge is 0.352 e. The van der Waals surface area contributed by atoms with E-state index in [9.17, 15) is 18.0 Å². The first-order valence-electron chi connectivity index (χ1n) is 13.8. The average Bonchev–Trinajstić information content (AvgIpc) is 2.93. The van der Waals surface area contributed by atoms with Crippen molar-refractivity contribution in [2.24, 2.45) is 0 Å². The van der Waals surface area contributed by atoms with Crippen LogP contribution in [0.2, 0.25) is 0 Å². The second-order valence-corrected chi connectivity index (χ2v) is 12.2. The lowest BCUT2D eigenvalue weighted by Crippen LogP contribution is -2.53. The van der Waals surface area contributed by atoms with Gasteiger partial charge in [-0.15, -0.1) is 0 Å². The Morgan fingerprint density at radius 1 is 0.875 bits per heavy atom. The number of hydrogen-bond acceptors (Lipinski definition) is 4. The van der Waals surface area contributed by atoms with Gasteiger partial charge in [-0.25, -0.2) is 8.42 Å². The highest BCUT2D eigenvalue weighted by Gasteiger charge is 2.34. The number of amides is 2. The molecule has 0 radical (unpaired) electrons. The number of hydrogen-bond donors (Lipinski definition) is 1. The van der Waals surface area contributed by atoms with E-state index in [1.165, 1.54) is 21.3 Å². The van der Waals surface area contributed by atoms with Gasteiger partial charge in [0.1, 0.15) is 12.6 Å². The molecule has 3 aromatic rings. The maximum atomic E-state index is 14.2. The van der Waals surface area contributed by atoms with E-state index in [0.29, 0.717) is 12.1 Å². The molecule has 0 aliphatic heterocycles. The molecule has 0 saturated heterocycles. The fourth-order valence-corrected chi connectivity index (χ4v) is 6.10. The molecule has 3 rings (SSSR count). The van der Waals surface area contributed by atoms with Crippen molar-refractivity contribution in [3.63, 3.8) is 0 Å². The molecule has 7 nitrogen and oxygen atoms in total. The minimum absolute atomic E-state index is 0.0534. The first-order chi connectivity index (χ1) is 19.0. The van der Waals surface area contributed by atoms with Crippen LogP contribution in [-0.2, 0) is 26.2 Å². The van der Waals surface area contributed by atoms with E-state index in [4.69, 9.17) is 0 Å². The van der Waals surface area contributed by atoms with Crippen LogP contribution < -0.4 is 9.62 Å². The first kappa shape index (κ1) is 30.9. The fourth-order valence-electron chi connectivity index (χ4n) is 4.61. The summed E-state index contributed by atoms with van der Waals surface area (Å²) in [6.07, 6.45) is 1.14. The maximum absolute atomic E-state index is 14.2. The maximum Gasteiger partial charge on any atom is 0.264 e.